The third-order valence-electron chi connectivity index (χ3n) is 5.24. The minimum Gasteiger partial charge on any atom is -0.333 e. The van der Waals surface area contributed by atoms with Crippen molar-refractivity contribution in [2.45, 2.75) is 19.0 Å². The van der Waals surface area contributed by atoms with E-state index in [4.69, 9.17) is 0 Å². The van der Waals surface area contributed by atoms with E-state index in [0.717, 1.165) is 17.4 Å². The number of benzene rings is 1. The van der Waals surface area contributed by atoms with Crippen molar-refractivity contribution in [1.82, 2.24) is 9.80 Å². The van der Waals surface area contributed by atoms with E-state index in [9.17, 15) is 27.6 Å². The number of halogens is 3. The zero-order valence-corrected chi connectivity index (χ0v) is 15.9. The first-order chi connectivity index (χ1) is 13.7. The fourth-order valence-electron chi connectivity index (χ4n) is 3.64. The van der Waals surface area contributed by atoms with Gasteiger partial charge in [0.05, 0.1) is 44.0 Å². The number of alkyl halides is 3. The van der Waals surface area contributed by atoms with Crippen molar-refractivity contribution in [1.29, 1.82) is 0 Å². The Kier molecular flexibility index (Phi) is 6.41. The molecular formula is C19H24F3N4O3+. The first-order valence-electron chi connectivity index (χ1n) is 9.59. The smallest absolute Gasteiger partial charge is 0.333 e. The number of likely N-dealkylation sites (tertiary alicyclic amines) is 1. The number of anilines is 1. The monoisotopic (exact) mass is 413 g/mol. The maximum Gasteiger partial charge on any atom is 0.418 e. The number of amides is 3. The van der Waals surface area contributed by atoms with Crippen molar-refractivity contribution >= 4 is 23.4 Å². The van der Waals surface area contributed by atoms with E-state index < -0.39 is 17.6 Å². The van der Waals surface area contributed by atoms with Gasteiger partial charge in [-0.15, -0.1) is 0 Å². The molecule has 1 aromatic rings. The van der Waals surface area contributed by atoms with Crippen LogP contribution in [0.2, 0.25) is 0 Å². The number of hydrogen-bond donors (Lipinski definition) is 2. The third kappa shape index (κ3) is 5.47. The predicted octanol–water partition coefficient (Wildman–Crippen LogP) is -0.00660. The summed E-state index contributed by atoms with van der Waals surface area (Å²) >= 11 is 0. The molecule has 0 saturated carbocycles. The van der Waals surface area contributed by atoms with Crippen LogP contribution < -0.4 is 10.2 Å². The summed E-state index contributed by atoms with van der Waals surface area (Å²) in [6.45, 7) is 2.66. The molecule has 29 heavy (non-hydrogen) atoms. The van der Waals surface area contributed by atoms with Crippen molar-refractivity contribution < 1.29 is 32.5 Å². The van der Waals surface area contributed by atoms with Gasteiger partial charge in [0.15, 0.2) is 6.54 Å². The van der Waals surface area contributed by atoms with Crippen molar-refractivity contribution in [2.24, 2.45) is 0 Å². The van der Waals surface area contributed by atoms with Crippen LogP contribution in [0.1, 0.15) is 18.4 Å². The van der Waals surface area contributed by atoms with E-state index in [-0.39, 0.29) is 30.6 Å². The lowest BCUT2D eigenvalue weighted by atomic mass is 10.1. The van der Waals surface area contributed by atoms with Crippen LogP contribution in [0, 0.1) is 0 Å². The van der Waals surface area contributed by atoms with E-state index in [2.05, 4.69) is 5.32 Å². The van der Waals surface area contributed by atoms with E-state index in [0.29, 0.717) is 39.1 Å². The molecule has 0 spiro atoms. The van der Waals surface area contributed by atoms with E-state index >= 15 is 0 Å². The summed E-state index contributed by atoms with van der Waals surface area (Å²) in [6, 6.07) is 4.87. The summed E-state index contributed by atoms with van der Waals surface area (Å²) in [5, 5.41) is 2.35. The molecule has 0 aromatic heterocycles. The maximum atomic E-state index is 13.0. The SMILES string of the molecule is O=C(C[NH+]1CCN(C(=O)CN2CCCC2=O)CC1)Nc1ccccc1C(F)(F)F. The number of nitrogens with one attached hydrogen (secondary N) is 2. The van der Waals surface area contributed by atoms with E-state index in [1.165, 1.54) is 18.2 Å². The fraction of sp³-hybridized carbons (Fsp3) is 0.526. The molecule has 10 heteroatoms. The molecule has 3 rings (SSSR count). The van der Waals surface area contributed by atoms with Gasteiger partial charge in [0.1, 0.15) is 0 Å². The van der Waals surface area contributed by atoms with Gasteiger partial charge < -0.3 is 20.0 Å². The summed E-state index contributed by atoms with van der Waals surface area (Å²) in [6.07, 6.45) is -3.28. The summed E-state index contributed by atoms with van der Waals surface area (Å²) < 4.78 is 39.1. The lowest BCUT2D eigenvalue weighted by molar-refractivity contribution is -0.895. The van der Waals surface area contributed by atoms with Crippen molar-refractivity contribution in [3.05, 3.63) is 29.8 Å². The van der Waals surface area contributed by atoms with Gasteiger partial charge >= 0.3 is 6.18 Å². The largest absolute Gasteiger partial charge is 0.418 e. The predicted molar refractivity (Wildman–Crippen MR) is 98.0 cm³/mol. The Hall–Kier alpha value is -2.62. The molecular weight excluding hydrogens is 389 g/mol. The maximum absolute atomic E-state index is 13.0. The highest BCUT2D eigenvalue weighted by atomic mass is 19.4. The Morgan fingerprint density at radius 2 is 1.79 bits per heavy atom. The lowest BCUT2D eigenvalue weighted by Gasteiger charge is -2.32. The second-order valence-electron chi connectivity index (χ2n) is 7.32. The van der Waals surface area contributed by atoms with Crippen molar-refractivity contribution in [2.75, 3.05) is 51.1 Å². The Morgan fingerprint density at radius 1 is 1.10 bits per heavy atom. The minimum atomic E-state index is -4.54. The lowest BCUT2D eigenvalue weighted by Crippen LogP contribution is -3.15. The molecule has 0 atom stereocenters. The Labute approximate surface area is 166 Å². The summed E-state index contributed by atoms with van der Waals surface area (Å²) in [5.41, 5.74) is -1.14. The van der Waals surface area contributed by atoms with Crippen LogP contribution in [0.25, 0.3) is 0 Å². The quantitative estimate of drug-likeness (QED) is 0.714. The highest BCUT2D eigenvalue weighted by Gasteiger charge is 2.34. The number of hydrogen-bond acceptors (Lipinski definition) is 3. The number of para-hydroxylation sites is 1. The van der Waals surface area contributed by atoms with E-state index in [1.807, 2.05) is 0 Å². The topological polar surface area (TPSA) is 74.2 Å². The summed E-state index contributed by atoms with van der Waals surface area (Å²) in [4.78, 5) is 40.3. The third-order valence-corrected chi connectivity index (χ3v) is 5.24. The molecule has 2 aliphatic heterocycles. The number of carbonyl (C=O) groups is 3. The first kappa shape index (κ1) is 21.1. The van der Waals surface area contributed by atoms with Crippen LogP contribution in [0.15, 0.2) is 24.3 Å². The van der Waals surface area contributed by atoms with Crippen LogP contribution in [-0.2, 0) is 20.6 Å². The summed E-state index contributed by atoms with van der Waals surface area (Å²) in [7, 11) is 0. The minimum absolute atomic E-state index is 0.00146. The normalized spacial score (nSPS) is 18.2. The van der Waals surface area contributed by atoms with Gasteiger partial charge in [-0.25, -0.2) is 0 Å². The van der Waals surface area contributed by atoms with Crippen LogP contribution in [-0.4, -0.2) is 73.3 Å². The zero-order valence-electron chi connectivity index (χ0n) is 15.9. The van der Waals surface area contributed by atoms with Gasteiger partial charge in [-0.3, -0.25) is 14.4 Å². The Balaban J connectivity index is 1.47. The first-order valence-corrected chi connectivity index (χ1v) is 9.59. The molecule has 2 N–H and O–H groups in total. The second kappa shape index (κ2) is 8.81. The van der Waals surface area contributed by atoms with Gasteiger partial charge in [0.25, 0.3) is 5.91 Å². The van der Waals surface area contributed by atoms with Gasteiger partial charge in [-0.1, -0.05) is 12.1 Å². The molecule has 2 aliphatic rings. The molecule has 2 fully saturated rings. The van der Waals surface area contributed by atoms with Crippen LogP contribution >= 0.6 is 0 Å². The number of piperazine rings is 1. The average Bonchev–Trinajstić information content (AvgIpc) is 3.06. The Bertz CT molecular complexity index is 776. The molecule has 2 saturated heterocycles. The van der Waals surface area contributed by atoms with Gasteiger partial charge in [-0.05, 0) is 18.6 Å². The highest BCUT2D eigenvalue weighted by molar-refractivity contribution is 5.92. The number of nitrogens with zero attached hydrogens (tertiary/aromatic N) is 2. The highest BCUT2D eigenvalue weighted by Crippen LogP contribution is 2.34. The molecule has 158 valence electrons. The average molecular weight is 413 g/mol. The number of carbonyl (C=O) groups excluding carboxylic acids is 3. The van der Waals surface area contributed by atoms with Gasteiger partial charge in [0.2, 0.25) is 11.8 Å². The van der Waals surface area contributed by atoms with Crippen LogP contribution in [0.4, 0.5) is 18.9 Å². The van der Waals surface area contributed by atoms with Crippen LogP contribution in [0.5, 0.6) is 0 Å². The van der Waals surface area contributed by atoms with Gasteiger partial charge in [0, 0.05) is 13.0 Å². The van der Waals surface area contributed by atoms with Crippen LogP contribution in [0.3, 0.4) is 0 Å². The second-order valence-corrected chi connectivity index (χ2v) is 7.32. The van der Waals surface area contributed by atoms with E-state index in [1.54, 1.807) is 9.80 Å². The molecule has 3 amide bonds. The summed E-state index contributed by atoms with van der Waals surface area (Å²) in [5.74, 6) is -0.611. The molecule has 0 aliphatic carbocycles. The van der Waals surface area contributed by atoms with Gasteiger partial charge in [-0.2, -0.15) is 13.2 Å². The molecule has 7 nitrogen and oxygen atoms in total. The van der Waals surface area contributed by atoms with Crippen molar-refractivity contribution in [3.8, 4) is 0 Å². The number of rotatable bonds is 5. The molecule has 0 radical (unpaired) electrons. The fourth-order valence-corrected chi connectivity index (χ4v) is 3.64. The molecule has 1 aromatic carbocycles. The standard InChI is InChI=1S/C19H23F3N4O3/c20-19(21,22)14-4-1-2-5-15(14)23-16(27)12-24-8-10-25(11-9-24)18(29)13-26-7-3-6-17(26)28/h1-2,4-5H,3,6-13H2,(H,23,27)/p+1. The Morgan fingerprint density at radius 3 is 2.41 bits per heavy atom. The molecule has 2 heterocycles. The molecule has 0 bridgehead atoms. The molecule has 0 unspecified atom stereocenters. The zero-order chi connectivity index (χ0) is 21.0. The van der Waals surface area contributed by atoms with Crippen molar-refractivity contribution in [3.63, 3.8) is 0 Å². The number of quaternary nitrogens is 1.